The molecule has 0 aliphatic carbocycles. The van der Waals surface area contributed by atoms with Gasteiger partial charge in [0.25, 0.3) is 5.91 Å². The normalized spacial score (nSPS) is 10.0. The number of nitrogens with zero attached hydrogens (tertiary/aromatic N) is 2. The molecular formula is C15H13N3O4. The zero-order valence-corrected chi connectivity index (χ0v) is 11.8. The van der Waals surface area contributed by atoms with Crippen LogP contribution in [0.4, 0.5) is 5.88 Å². The highest BCUT2D eigenvalue weighted by Crippen LogP contribution is 2.28. The van der Waals surface area contributed by atoms with Gasteiger partial charge in [-0.15, -0.1) is 0 Å². The number of amides is 1. The van der Waals surface area contributed by atoms with Crippen molar-refractivity contribution in [1.29, 1.82) is 0 Å². The lowest BCUT2D eigenvalue weighted by Gasteiger charge is -2.02. The van der Waals surface area contributed by atoms with Crippen molar-refractivity contribution in [2.24, 2.45) is 0 Å². The average molecular weight is 299 g/mol. The average Bonchev–Trinajstić information content (AvgIpc) is 2.90. The molecule has 0 aromatic carbocycles. The quantitative estimate of drug-likeness (QED) is 0.649. The van der Waals surface area contributed by atoms with Crippen molar-refractivity contribution in [3.8, 4) is 11.3 Å². The minimum atomic E-state index is -1.28. The first kappa shape index (κ1) is 15.2. The second kappa shape index (κ2) is 6.04. The Kier molecular flexibility index (Phi) is 4.17. The molecule has 2 aromatic rings. The third kappa shape index (κ3) is 2.93. The van der Waals surface area contributed by atoms with Gasteiger partial charge in [-0.05, 0) is 19.1 Å². The SMILES string of the molecule is C=CC(=C)C(=O)Nc1onc(-c2ccc(C)nc2)c1C(=O)O. The number of carboxylic acid groups (broad SMARTS) is 1. The number of carboxylic acids is 1. The molecule has 2 aromatic heterocycles. The van der Waals surface area contributed by atoms with E-state index in [1.165, 1.54) is 12.3 Å². The summed E-state index contributed by atoms with van der Waals surface area (Å²) in [4.78, 5) is 27.3. The molecule has 0 spiro atoms. The summed E-state index contributed by atoms with van der Waals surface area (Å²) in [5, 5.41) is 15.4. The standard InChI is InChI=1S/C15H13N3O4/c1-4-8(2)13(19)17-14-11(15(20)21)12(18-22-14)10-6-5-9(3)16-7-10/h4-7H,1-2H2,3H3,(H,17,19)(H,20,21). The van der Waals surface area contributed by atoms with Crippen LogP contribution in [0.15, 0.2) is 47.7 Å². The van der Waals surface area contributed by atoms with Gasteiger partial charge in [0.2, 0.25) is 5.88 Å². The summed E-state index contributed by atoms with van der Waals surface area (Å²) in [6, 6.07) is 3.38. The van der Waals surface area contributed by atoms with Crippen molar-refractivity contribution in [1.82, 2.24) is 10.1 Å². The molecule has 1 amide bonds. The van der Waals surface area contributed by atoms with Crippen molar-refractivity contribution >= 4 is 17.8 Å². The van der Waals surface area contributed by atoms with Gasteiger partial charge >= 0.3 is 5.97 Å². The van der Waals surface area contributed by atoms with Crippen LogP contribution in [0.5, 0.6) is 0 Å². The van der Waals surface area contributed by atoms with Crippen molar-refractivity contribution in [3.63, 3.8) is 0 Å². The maximum absolute atomic E-state index is 11.7. The summed E-state index contributed by atoms with van der Waals surface area (Å²) in [6.07, 6.45) is 2.73. The second-order valence-corrected chi connectivity index (χ2v) is 4.41. The number of aromatic carboxylic acids is 1. The molecule has 0 saturated heterocycles. The number of carbonyl (C=O) groups excluding carboxylic acids is 1. The number of pyridine rings is 1. The number of hydrogen-bond acceptors (Lipinski definition) is 5. The smallest absolute Gasteiger partial charge is 0.343 e. The lowest BCUT2D eigenvalue weighted by Crippen LogP contribution is -2.14. The summed E-state index contributed by atoms with van der Waals surface area (Å²) in [6.45, 7) is 8.68. The van der Waals surface area contributed by atoms with Crippen molar-refractivity contribution in [2.75, 3.05) is 5.32 Å². The molecule has 2 N–H and O–H groups in total. The largest absolute Gasteiger partial charge is 0.477 e. The Morgan fingerprint density at radius 3 is 2.68 bits per heavy atom. The lowest BCUT2D eigenvalue weighted by atomic mass is 10.1. The van der Waals surface area contributed by atoms with Crippen LogP contribution in [-0.4, -0.2) is 27.1 Å². The van der Waals surface area contributed by atoms with E-state index in [0.29, 0.717) is 5.56 Å². The van der Waals surface area contributed by atoms with Crippen LogP contribution in [0, 0.1) is 6.92 Å². The van der Waals surface area contributed by atoms with Gasteiger partial charge in [-0.3, -0.25) is 15.1 Å². The van der Waals surface area contributed by atoms with Crippen LogP contribution in [0.1, 0.15) is 16.1 Å². The first-order valence-corrected chi connectivity index (χ1v) is 6.22. The predicted octanol–water partition coefficient (Wildman–Crippen LogP) is 2.42. The molecule has 0 fully saturated rings. The molecule has 7 heteroatoms. The molecule has 0 aliphatic heterocycles. The monoisotopic (exact) mass is 299 g/mol. The van der Waals surface area contributed by atoms with E-state index in [0.717, 1.165) is 5.69 Å². The minimum Gasteiger partial charge on any atom is -0.477 e. The topological polar surface area (TPSA) is 105 Å². The van der Waals surface area contributed by atoms with Crippen molar-refractivity contribution in [3.05, 3.63) is 54.4 Å². The van der Waals surface area contributed by atoms with Crippen molar-refractivity contribution < 1.29 is 19.2 Å². The first-order valence-electron chi connectivity index (χ1n) is 6.22. The summed E-state index contributed by atoms with van der Waals surface area (Å²) >= 11 is 0. The molecule has 0 atom stereocenters. The van der Waals surface area contributed by atoms with Crippen LogP contribution in [0.25, 0.3) is 11.3 Å². The third-order valence-corrected chi connectivity index (χ3v) is 2.86. The predicted molar refractivity (Wildman–Crippen MR) is 79.4 cm³/mol. The van der Waals surface area contributed by atoms with Gasteiger partial charge in [-0.25, -0.2) is 4.79 Å². The zero-order chi connectivity index (χ0) is 16.3. The molecule has 2 heterocycles. The fourth-order valence-corrected chi connectivity index (χ4v) is 1.65. The minimum absolute atomic E-state index is 0.0753. The Labute approximate surface area is 126 Å². The molecule has 0 saturated carbocycles. The van der Waals surface area contributed by atoms with Crippen LogP contribution in [-0.2, 0) is 4.79 Å². The maximum atomic E-state index is 11.7. The molecule has 22 heavy (non-hydrogen) atoms. The van der Waals surface area contributed by atoms with Crippen LogP contribution in [0.2, 0.25) is 0 Å². The number of hydrogen-bond donors (Lipinski definition) is 2. The van der Waals surface area contributed by atoms with E-state index in [9.17, 15) is 14.7 Å². The van der Waals surface area contributed by atoms with E-state index in [1.807, 2.05) is 0 Å². The molecule has 2 rings (SSSR count). The summed E-state index contributed by atoms with van der Waals surface area (Å²) in [5.41, 5.74) is 1.15. The van der Waals surface area contributed by atoms with Gasteiger partial charge in [-0.1, -0.05) is 24.4 Å². The lowest BCUT2D eigenvalue weighted by molar-refractivity contribution is -0.112. The van der Waals surface area contributed by atoms with Gasteiger partial charge in [-0.2, -0.15) is 0 Å². The molecule has 0 aliphatic rings. The highest BCUT2D eigenvalue weighted by atomic mass is 16.5. The van der Waals surface area contributed by atoms with E-state index in [2.05, 4.69) is 28.6 Å². The molecular weight excluding hydrogens is 286 g/mol. The summed E-state index contributed by atoms with van der Waals surface area (Å²) < 4.78 is 4.94. The Morgan fingerprint density at radius 1 is 1.41 bits per heavy atom. The van der Waals surface area contributed by atoms with E-state index in [4.69, 9.17) is 4.52 Å². The summed E-state index contributed by atoms with van der Waals surface area (Å²) in [5.74, 6) is -2.17. The molecule has 0 unspecified atom stereocenters. The van der Waals surface area contributed by atoms with Crippen LogP contribution >= 0.6 is 0 Å². The summed E-state index contributed by atoms with van der Waals surface area (Å²) in [7, 11) is 0. The van der Waals surface area contributed by atoms with Gasteiger partial charge in [0.05, 0.1) is 0 Å². The van der Waals surface area contributed by atoms with E-state index in [1.54, 1.807) is 19.1 Å². The fourth-order valence-electron chi connectivity index (χ4n) is 1.65. The van der Waals surface area contributed by atoms with E-state index < -0.39 is 11.9 Å². The Balaban J connectivity index is 2.44. The van der Waals surface area contributed by atoms with Gasteiger partial charge in [0, 0.05) is 23.0 Å². The van der Waals surface area contributed by atoms with Crippen LogP contribution in [0.3, 0.4) is 0 Å². The first-order chi connectivity index (χ1) is 10.4. The number of rotatable bonds is 5. The Morgan fingerprint density at radius 2 is 2.14 bits per heavy atom. The van der Waals surface area contributed by atoms with Crippen molar-refractivity contribution in [2.45, 2.75) is 6.92 Å². The number of nitrogens with one attached hydrogen (secondary N) is 1. The number of aryl methyl sites for hydroxylation is 1. The number of carbonyl (C=O) groups is 2. The Hall–Kier alpha value is -3.22. The second-order valence-electron chi connectivity index (χ2n) is 4.41. The third-order valence-electron chi connectivity index (χ3n) is 2.86. The van der Waals surface area contributed by atoms with Crippen LogP contribution < -0.4 is 5.32 Å². The fraction of sp³-hybridized carbons (Fsp3) is 0.0667. The molecule has 0 bridgehead atoms. The van der Waals surface area contributed by atoms with Gasteiger partial charge < -0.3 is 9.63 Å². The Bertz CT molecular complexity index is 760. The van der Waals surface area contributed by atoms with Gasteiger partial charge in [0.15, 0.2) is 5.56 Å². The highest BCUT2D eigenvalue weighted by molar-refractivity contribution is 6.08. The maximum Gasteiger partial charge on any atom is 0.343 e. The van der Waals surface area contributed by atoms with Gasteiger partial charge in [0.1, 0.15) is 5.69 Å². The zero-order valence-electron chi connectivity index (χ0n) is 11.8. The highest BCUT2D eigenvalue weighted by Gasteiger charge is 2.25. The molecule has 0 radical (unpaired) electrons. The number of anilines is 1. The number of aromatic nitrogens is 2. The molecule has 112 valence electrons. The van der Waals surface area contributed by atoms with E-state index in [-0.39, 0.29) is 22.7 Å². The molecule has 7 nitrogen and oxygen atoms in total. The van der Waals surface area contributed by atoms with E-state index >= 15 is 0 Å².